The van der Waals surface area contributed by atoms with Gasteiger partial charge in [0.2, 0.25) is 0 Å². The average molecular weight is 370 g/mol. The third-order valence-corrected chi connectivity index (χ3v) is 3.92. The quantitative estimate of drug-likeness (QED) is 0.548. The van der Waals surface area contributed by atoms with Crippen molar-refractivity contribution < 1.29 is 19.1 Å². The molecule has 2 amide bonds. The summed E-state index contributed by atoms with van der Waals surface area (Å²) in [5, 5.41) is 5.36. The van der Waals surface area contributed by atoms with Crippen molar-refractivity contribution in [2.24, 2.45) is 5.92 Å². The first kappa shape index (κ1) is 20.3. The van der Waals surface area contributed by atoms with E-state index < -0.39 is 18.0 Å². The number of hydrogen-bond acceptors (Lipinski definition) is 4. The number of nitrogens with one attached hydrogen (secondary N) is 2. The summed E-state index contributed by atoms with van der Waals surface area (Å²) < 4.78 is 10.9. The Kier molecular flexibility index (Phi) is 7.67. The number of para-hydroxylation sites is 2. The van der Waals surface area contributed by atoms with Crippen molar-refractivity contribution in [2.45, 2.75) is 26.8 Å². The van der Waals surface area contributed by atoms with Gasteiger partial charge in [0.1, 0.15) is 25.0 Å². The molecule has 1 atom stereocenters. The van der Waals surface area contributed by atoms with Crippen LogP contribution in [-0.4, -0.2) is 31.3 Å². The van der Waals surface area contributed by atoms with E-state index in [-0.39, 0.29) is 19.1 Å². The number of carbonyl (C=O) groups is 2. The van der Waals surface area contributed by atoms with E-state index in [0.29, 0.717) is 5.69 Å². The molecule has 2 N–H and O–H groups in total. The van der Waals surface area contributed by atoms with E-state index in [4.69, 9.17) is 9.47 Å². The maximum absolute atomic E-state index is 12.3. The molecule has 2 aromatic carbocycles. The predicted molar refractivity (Wildman–Crippen MR) is 105 cm³/mol. The molecule has 0 radical (unpaired) electrons. The highest BCUT2D eigenvalue weighted by molar-refractivity contribution is 5.92. The molecule has 0 spiro atoms. The number of carbonyl (C=O) groups excluding carboxylic acids is 2. The van der Waals surface area contributed by atoms with E-state index in [1.54, 1.807) is 12.1 Å². The van der Waals surface area contributed by atoms with Crippen LogP contribution in [0.25, 0.3) is 0 Å². The fourth-order valence-electron chi connectivity index (χ4n) is 2.43. The van der Waals surface area contributed by atoms with Crippen LogP contribution in [0, 0.1) is 12.8 Å². The van der Waals surface area contributed by atoms with Gasteiger partial charge in [-0.3, -0.25) is 0 Å². The van der Waals surface area contributed by atoms with Gasteiger partial charge in [0, 0.05) is 5.69 Å². The van der Waals surface area contributed by atoms with Crippen LogP contribution in [0.3, 0.4) is 0 Å². The van der Waals surface area contributed by atoms with Gasteiger partial charge in [0.25, 0.3) is 0 Å². The van der Waals surface area contributed by atoms with Crippen LogP contribution in [0.5, 0.6) is 5.75 Å². The van der Waals surface area contributed by atoms with Crippen molar-refractivity contribution in [3.05, 3.63) is 60.2 Å². The first-order valence-corrected chi connectivity index (χ1v) is 8.95. The molecule has 0 heterocycles. The van der Waals surface area contributed by atoms with Crippen LogP contribution >= 0.6 is 0 Å². The fourth-order valence-corrected chi connectivity index (χ4v) is 2.43. The summed E-state index contributed by atoms with van der Waals surface area (Å²) in [4.78, 5) is 24.5. The number of amides is 2. The van der Waals surface area contributed by atoms with Crippen LogP contribution in [0.2, 0.25) is 0 Å². The highest BCUT2D eigenvalue weighted by Crippen LogP contribution is 2.16. The number of hydrogen-bond donors (Lipinski definition) is 2. The largest absolute Gasteiger partial charge is 0.490 e. The Hall–Kier alpha value is -3.02. The Labute approximate surface area is 159 Å². The lowest BCUT2D eigenvalue weighted by atomic mass is 10.1. The number of aryl methyl sites for hydroxylation is 1. The standard InChI is InChI=1S/C21H26N2O4/c1-15(2)19(23-21(25)22-17-10-5-4-6-11-17)20(24)27-14-13-26-18-12-8-7-9-16(18)3/h4-12,15,19H,13-14H2,1-3H3,(H2,22,23,25)/t19-/m1/s1. The monoisotopic (exact) mass is 370 g/mol. The van der Waals surface area contributed by atoms with Crippen LogP contribution < -0.4 is 15.4 Å². The lowest BCUT2D eigenvalue weighted by molar-refractivity contribution is -0.147. The highest BCUT2D eigenvalue weighted by atomic mass is 16.6. The van der Waals surface area contributed by atoms with Crippen molar-refractivity contribution >= 4 is 17.7 Å². The Morgan fingerprint density at radius 1 is 0.963 bits per heavy atom. The van der Waals surface area contributed by atoms with E-state index in [2.05, 4.69) is 10.6 Å². The van der Waals surface area contributed by atoms with Gasteiger partial charge in [-0.05, 0) is 36.6 Å². The van der Waals surface area contributed by atoms with Crippen LogP contribution in [0.1, 0.15) is 19.4 Å². The molecule has 0 saturated heterocycles. The lowest BCUT2D eigenvalue weighted by Gasteiger charge is -2.21. The Morgan fingerprint density at radius 2 is 1.63 bits per heavy atom. The SMILES string of the molecule is Cc1ccccc1OCCOC(=O)[C@H](NC(=O)Nc1ccccc1)C(C)C. The molecule has 2 rings (SSSR count). The number of rotatable bonds is 8. The van der Waals surface area contributed by atoms with Crippen LogP contribution in [0.4, 0.5) is 10.5 Å². The van der Waals surface area contributed by atoms with Gasteiger partial charge in [-0.1, -0.05) is 50.2 Å². The Morgan fingerprint density at radius 3 is 2.30 bits per heavy atom. The van der Waals surface area contributed by atoms with Crippen LogP contribution in [0.15, 0.2) is 54.6 Å². The molecular formula is C21H26N2O4. The maximum Gasteiger partial charge on any atom is 0.329 e. The van der Waals surface area contributed by atoms with Gasteiger partial charge in [-0.15, -0.1) is 0 Å². The minimum atomic E-state index is -0.743. The number of benzene rings is 2. The number of esters is 1. The molecule has 27 heavy (non-hydrogen) atoms. The van der Waals surface area contributed by atoms with Gasteiger partial charge < -0.3 is 20.1 Å². The number of anilines is 1. The zero-order chi connectivity index (χ0) is 19.6. The van der Waals surface area contributed by atoms with E-state index in [9.17, 15) is 9.59 Å². The molecule has 0 aliphatic carbocycles. The zero-order valence-corrected chi connectivity index (χ0v) is 15.9. The van der Waals surface area contributed by atoms with Gasteiger partial charge in [-0.2, -0.15) is 0 Å². The second-order valence-electron chi connectivity index (χ2n) is 6.47. The predicted octanol–water partition coefficient (Wildman–Crippen LogP) is 3.76. The average Bonchev–Trinajstić information content (AvgIpc) is 2.65. The van der Waals surface area contributed by atoms with Gasteiger partial charge in [-0.25, -0.2) is 9.59 Å². The van der Waals surface area contributed by atoms with Crippen molar-refractivity contribution in [1.29, 1.82) is 0 Å². The zero-order valence-electron chi connectivity index (χ0n) is 15.9. The first-order chi connectivity index (χ1) is 13.0. The molecule has 0 saturated carbocycles. The summed E-state index contributed by atoms with van der Waals surface area (Å²) in [5.74, 6) is 0.159. The van der Waals surface area contributed by atoms with Crippen molar-refractivity contribution in [3.8, 4) is 5.75 Å². The topological polar surface area (TPSA) is 76.7 Å². The molecule has 6 heteroatoms. The number of ether oxygens (including phenoxy) is 2. The minimum Gasteiger partial charge on any atom is -0.490 e. The lowest BCUT2D eigenvalue weighted by Crippen LogP contribution is -2.47. The molecule has 0 bridgehead atoms. The van der Waals surface area contributed by atoms with Crippen LogP contribution in [-0.2, 0) is 9.53 Å². The van der Waals surface area contributed by atoms with Gasteiger partial charge >= 0.3 is 12.0 Å². The van der Waals surface area contributed by atoms with E-state index >= 15 is 0 Å². The summed E-state index contributed by atoms with van der Waals surface area (Å²) in [6.07, 6.45) is 0. The van der Waals surface area contributed by atoms with Gasteiger partial charge in [0.15, 0.2) is 0 Å². The molecule has 0 aromatic heterocycles. The Balaban J connectivity index is 1.80. The maximum atomic E-state index is 12.3. The summed E-state index contributed by atoms with van der Waals surface area (Å²) in [5.41, 5.74) is 1.67. The van der Waals surface area contributed by atoms with Crippen molar-refractivity contribution in [1.82, 2.24) is 5.32 Å². The molecule has 6 nitrogen and oxygen atoms in total. The minimum absolute atomic E-state index is 0.109. The second kappa shape index (κ2) is 10.2. The van der Waals surface area contributed by atoms with Gasteiger partial charge in [0.05, 0.1) is 0 Å². The molecule has 0 fully saturated rings. The highest BCUT2D eigenvalue weighted by Gasteiger charge is 2.25. The molecule has 2 aromatic rings. The van der Waals surface area contributed by atoms with E-state index in [1.807, 2.05) is 63.2 Å². The molecular weight excluding hydrogens is 344 g/mol. The first-order valence-electron chi connectivity index (χ1n) is 8.95. The Bertz CT molecular complexity index is 747. The van der Waals surface area contributed by atoms with Crippen molar-refractivity contribution in [3.63, 3.8) is 0 Å². The normalized spacial score (nSPS) is 11.6. The summed E-state index contributed by atoms with van der Waals surface area (Å²) in [7, 11) is 0. The molecule has 144 valence electrons. The molecule has 0 unspecified atom stereocenters. The van der Waals surface area contributed by atoms with E-state index in [1.165, 1.54) is 0 Å². The van der Waals surface area contributed by atoms with E-state index in [0.717, 1.165) is 11.3 Å². The smallest absolute Gasteiger partial charge is 0.329 e. The second-order valence-corrected chi connectivity index (χ2v) is 6.47. The third-order valence-electron chi connectivity index (χ3n) is 3.92. The number of urea groups is 1. The summed E-state index contributed by atoms with van der Waals surface area (Å²) >= 11 is 0. The molecule has 0 aliphatic heterocycles. The fraction of sp³-hybridized carbons (Fsp3) is 0.333. The summed E-state index contributed by atoms with van der Waals surface area (Å²) in [6, 6.07) is 15.5. The third kappa shape index (κ3) is 6.66. The van der Waals surface area contributed by atoms with Crippen molar-refractivity contribution in [2.75, 3.05) is 18.5 Å². The summed E-state index contributed by atoms with van der Waals surface area (Å²) in [6.45, 7) is 6.00. The molecule has 0 aliphatic rings.